The molecule has 0 bridgehead atoms. The molecule has 1 N–H and O–H groups in total. The van der Waals surface area contributed by atoms with Crippen molar-refractivity contribution in [2.45, 2.75) is 63.7 Å². The molecule has 1 saturated heterocycles. The van der Waals surface area contributed by atoms with Gasteiger partial charge in [-0.05, 0) is 56.0 Å². The van der Waals surface area contributed by atoms with E-state index in [1.807, 2.05) is 0 Å². The van der Waals surface area contributed by atoms with E-state index in [1.165, 1.54) is 36.9 Å². The number of aryl methyl sites for hydroxylation is 1. The summed E-state index contributed by atoms with van der Waals surface area (Å²) in [5, 5.41) is 5.48. The van der Waals surface area contributed by atoms with Crippen LogP contribution in [-0.4, -0.2) is 59.6 Å². The molecule has 3 rings (SSSR count). The van der Waals surface area contributed by atoms with E-state index in [2.05, 4.69) is 10.0 Å². The number of rotatable bonds is 12. The molecular weight excluding hydrogens is 553 g/mol. The Balaban J connectivity index is 1.65. The minimum atomic E-state index is -4.96. The number of nitrogens with zero attached hydrogens (tertiary/aromatic N) is 5. The molecule has 41 heavy (non-hydrogen) atoms. The third-order valence-electron chi connectivity index (χ3n) is 6.39. The van der Waals surface area contributed by atoms with E-state index in [0.29, 0.717) is 12.2 Å². The maximum Gasteiger partial charge on any atom is 0.471 e. The third kappa shape index (κ3) is 8.11. The predicted molar refractivity (Wildman–Crippen MR) is 137 cm³/mol. The van der Waals surface area contributed by atoms with Crippen LogP contribution in [0.5, 0.6) is 5.75 Å². The molecule has 0 spiro atoms. The zero-order valence-corrected chi connectivity index (χ0v) is 22.3. The number of benzene rings is 1. The van der Waals surface area contributed by atoms with Crippen molar-refractivity contribution in [2.24, 2.45) is 5.11 Å². The number of alkyl halides is 3. The van der Waals surface area contributed by atoms with Crippen molar-refractivity contribution in [1.29, 1.82) is 0 Å². The molecule has 1 aliphatic heterocycles. The molecule has 1 aromatic carbocycles. The molecule has 0 unspecified atom stereocenters. The first-order valence-corrected chi connectivity index (χ1v) is 12.6. The van der Waals surface area contributed by atoms with Gasteiger partial charge in [0.1, 0.15) is 24.7 Å². The molecule has 2 heterocycles. The summed E-state index contributed by atoms with van der Waals surface area (Å²) in [5.74, 6) is -2.11. The van der Waals surface area contributed by atoms with Crippen LogP contribution in [0.1, 0.15) is 47.8 Å². The van der Waals surface area contributed by atoms with Gasteiger partial charge in [-0.1, -0.05) is 5.11 Å². The topological polar surface area (TPSA) is 167 Å². The lowest BCUT2D eigenvalue weighted by molar-refractivity contribution is -0.173. The van der Waals surface area contributed by atoms with Crippen molar-refractivity contribution < 1.29 is 37.0 Å². The largest absolute Gasteiger partial charge is 0.497 e. The molecule has 1 fully saturated rings. The SMILES string of the molecule is COc1ccc(C(=O)OC[C@H]2O[C@@H](n3cc(C)c(=O)n(CCCCCNC(=O)C(F)(F)F)c3=O)C[C@@H]2N=[N+]=[N-])cc1. The Hall–Kier alpha value is -4.30. The molecule has 0 saturated carbocycles. The number of esters is 1. The van der Waals surface area contributed by atoms with E-state index in [9.17, 15) is 32.3 Å². The molecule has 13 nitrogen and oxygen atoms in total. The lowest BCUT2D eigenvalue weighted by atomic mass is 10.1. The average Bonchev–Trinajstić information content (AvgIpc) is 3.34. The van der Waals surface area contributed by atoms with E-state index in [4.69, 9.17) is 19.7 Å². The second kappa shape index (κ2) is 13.9. The number of hydrogen-bond acceptors (Lipinski definition) is 8. The highest BCUT2D eigenvalue weighted by molar-refractivity contribution is 5.89. The Labute approximate surface area is 231 Å². The fourth-order valence-electron chi connectivity index (χ4n) is 4.23. The zero-order chi connectivity index (χ0) is 30.2. The Morgan fingerprint density at radius 1 is 1.20 bits per heavy atom. The fraction of sp³-hybridized carbons (Fsp3) is 0.520. The monoisotopic (exact) mass is 582 g/mol. The van der Waals surface area contributed by atoms with Crippen LogP contribution < -0.4 is 21.3 Å². The summed E-state index contributed by atoms with van der Waals surface area (Å²) in [4.78, 5) is 52.0. The number of nitrogens with one attached hydrogen (secondary N) is 1. The van der Waals surface area contributed by atoms with E-state index < -0.39 is 47.7 Å². The number of methoxy groups -OCH3 is 1. The summed E-state index contributed by atoms with van der Waals surface area (Å²) in [6.07, 6.45) is -4.49. The first kappa shape index (κ1) is 31.2. The van der Waals surface area contributed by atoms with Crippen molar-refractivity contribution in [3.8, 4) is 5.75 Å². The maximum atomic E-state index is 13.2. The quantitative estimate of drug-likeness (QED) is 0.132. The van der Waals surface area contributed by atoms with Gasteiger partial charge < -0.3 is 19.5 Å². The molecular formula is C25H29F3N6O7. The highest BCUT2D eigenvalue weighted by atomic mass is 19.4. The maximum absolute atomic E-state index is 13.2. The standard InChI is InChI=1S/C25H29F3N6O7/c1-15-13-34(24(38)33(21(15)35)11-5-3-4-10-30-23(37)25(26,27)28)20-12-18(31-32-29)19(41-20)14-40-22(36)16-6-8-17(39-2)9-7-16/h6-9,13,18-20H,3-5,10-12,14H2,1-2H3,(H,30,37)/t18-,19+,20+/m0/s1. The van der Waals surface area contributed by atoms with Crippen molar-refractivity contribution in [1.82, 2.24) is 14.5 Å². The molecule has 1 aromatic heterocycles. The minimum absolute atomic E-state index is 0.0119. The van der Waals surface area contributed by atoms with Gasteiger partial charge in [0.05, 0.1) is 18.7 Å². The van der Waals surface area contributed by atoms with Crippen molar-refractivity contribution in [2.75, 3.05) is 20.3 Å². The van der Waals surface area contributed by atoms with E-state index in [-0.39, 0.29) is 50.1 Å². The first-order valence-electron chi connectivity index (χ1n) is 12.6. The van der Waals surface area contributed by atoms with Crippen LogP contribution >= 0.6 is 0 Å². The van der Waals surface area contributed by atoms with E-state index in [1.54, 1.807) is 17.4 Å². The van der Waals surface area contributed by atoms with Crippen LogP contribution in [0, 0.1) is 6.92 Å². The van der Waals surface area contributed by atoms with Crippen LogP contribution in [0.15, 0.2) is 45.2 Å². The molecule has 3 atom stereocenters. The number of azide groups is 1. The number of aromatic nitrogens is 2. The molecule has 222 valence electrons. The Morgan fingerprint density at radius 2 is 1.90 bits per heavy atom. The van der Waals surface area contributed by atoms with Gasteiger partial charge in [0.25, 0.3) is 5.56 Å². The van der Waals surface area contributed by atoms with Gasteiger partial charge in [0.2, 0.25) is 0 Å². The van der Waals surface area contributed by atoms with Gasteiger partial charge in [-0.3, -0.25) is 18.7 Å². The number of ether oxygens (including phenoxy) is 3. The summed E-state index contributed by atoms with van der Waals surface area (Å²) in [6, 6.07) is 5.46. The van der Waals surface area contributed by atoms with Crippen LogP contribution in [0.2, 0.25) is 0 Å². The van der Waals surface area contributed by atoms with Gasteiger partial charge in [0.15, 0.2) is 0 Å². The Morgan fingerprint density at radius 3 is 2.54 bits per heavy atom. The van der Waals surface area contributed by atoms with Crippen molar-refractivity contribution >= 4 is 11.9 Å². The van der Waals surface area contributed by atoms with Crippen LogP contribution in [-0.2, 0) is 20.8 Å². The molecule has 2 aromatic rings. The molecule has 16 heteroatoms. The number of unbranched alkanes of at least 4 members (excludes halogenated alkanes) is 2. The highest BCUT2D eigenvalue weighted by Gasteiger charge is 2.38. The lowest BCUT2D eigenvalue weighted by Crippen LogP contribution is -2.42. The predicted octanol–water partition coefficient (Wildman–Crippen LogP) is 3.00. The number of amides is 1. The van der Waals surface area contributed by atoms with Gasteiger partial charge in [-0.15, -0.1) is 0 Å². The normalized spacial score (nSPS) is 18.4. The van der Waals surface area contributed by atoms with E-state index >= 15 is 0 Å². The Bertz CT molecular complexity index is 1400. The average molecular weight is 583 g/mol. The van der Waals surface area contributed by atoms with Gasteiger partial charge in [-0.2, -0.15) is 13.2 Å². The fourth-order valence-corrected chi connectivity index (χ4v) is 4.23. The van der Waals surface area contributed by atoms with Gasteiger partial charge >= 0.3 is 23.7 Å². The molecule has 1 amide bonds. The van der Waals surface area contributed by atoms with Gasteiger partial charge in [-0.25, -0.2) is 9.59 Å². The van der Waals surface area contributed by atoms with E-state index in [0.717, 1.165) is 4.57 Å². The number of carbonyl (C=O) groups is 2. The molecule has 0 aliphatic carbocycles. The summed E-state index contributed by atoms with van der Waals surface area (Å²) >= 11 is 0. The highest BCUT2D eigenvalue weighted by Crippen LogP contribution is 2.30. The smallest absolute Gasteiger partial charge is 0.471 e. The zero-order valence-electron chi connectivity index (χ0n) is 22.3. The number of carbonyl (C=O) groups excluding carboxylic acids is 2. The second-order valence-corrected chi connectivity index (χ2v) is 9.24. The number of hydrogen-bond donors (Lipinski definition) is 1. The second-order valence-electron chi connectivity index (χ2n) is 9.24. The molecule has 0 radical (unpaired) electrons. The third-order valence-corrected chi connectivity index (χ3v) is 6.39. The lowest BCUT2D eigenvalue weighted by Gasteiger charge is -2.18. The summed E-state index contributed by atoms with van der Waals surface area (Å²) in [6.45, 7) is 1.03. The van der Waals surface area contributed by atoms with Gasteiger partial charge in [0, 0.05) is 36.2 Å². The van der Waals surface area contributed by atoms with Crippen molar-refractivity contribution in [3.63, 3.8) is 0 Å². The Kier molecular flexibility index (Phi) is 10.6. The first-order chi connectivity index (χ1) is 19.5. The summed E-state index contributed by atoms with van der Waals surface area (Å²) in [7, 11) is 1.49. The minimum Gasteiger partial charge on any atom is -0.497 e. The van der Waals surface area contributed by atoms with Crippen LogP contribution in [0.3, 0.4) is 0 Å². The summed E-state index contributed by atoms with van der Waals surface area (Å²) in [5.41, 5.74) is 8.28. The number of halogens is 3. The van der Waals surface area contributed by atoms with Crippen LogP contribution in [0.4, 0.5) is 13.2 Å². The van der Waals surface area contributed by atoms with Crippen molar-refractivity contribution in [3.05, 3.63) is 72.9 Å². The van der Waals surface area contributed by atoms with Crippen LogP contribution in [0.25, 0.3) is 10.4 Å². The summed E-state index contributed by atoms with van der Waals surface area (Å²) < 4.78 is 55.3. The molecule has 1 aliphatic rings.